The van der Waals surface area contributed by atoms with Crippen molar-refractivity contribution in [1.29, 1.82) is 0 Å². The van der Waals surface area contributed by atoms with Crippen LogP contribution >= 0.6 is 11.8 Å². The molecule has 17 heavy (non-hydrogen) atoms. The van der Waals surface area contributed by atoms with Crippen LogP contribution < -0.4 is 11.1 Å². The summed E-state index contributed by atoms with van der Waals surface area (Å²) in [5.74, 6) is -0.997. The van der Waals surface area contributed by atoms with Crippen LogP contribution in [-0.4, -0.2) is 29.1 Å². The van der Waals surface area contributed by atoms with Gasteiger partial charge < -0.3 is 16.2 Å². The average molecular weight is 254 g/mol. The summed E-state index contributed by atoms with van der Waals surface area (Å²) < 4.78 is 0. The summed E-state index contributed by atoms with van der Waals surface area (Å²) in [7, 11) is 0. The quantitative estimate of drug-likeness (QED) is 0.680. The van der Waals surface area contributed by atoms with Crippen LogP contribution in [0.15, 0.2) is 18.2 Å². The maximum atomic E-state index is 10.9. The third-order valence-corrected chi connectivity index (χ3v) is 3.65. The predicted octanol–water partition coefficient (Wildman–Crippen LogP) is 2.52. The molecule has 0 aromatic heterocycles. The number of nitrogens with two attached hydrogens (primary N) is 1. The Morgan fingerprint density at radius 2 is 2.29 bits per heavy atom. The number of aromatic carboxylic acids is 1. The van der Waals surface area contributed by atoms with Crippen LogP contribution in [0.3, 0.4) is 0 Å². The van der Waals surface area contributed by atoms with Crippen LogP contribution in [0, 0.1) is 0 Å². The Morgan fingerprint density at radius 3 is 2.88 bits per heavy atom. The molecule has 0 saturated heterocycles. The highest BCUT2D eigenvalue weighted by Crippen LogP contribution is 2.23. The van der Waals surface area contributed by atoms with Crippen molar-refractivity contribution in [2.75, 3.05) is 23.9 Å². The van der Waals surface area contributed by atoms with E-state index >= 15 is 0 Å². The van der Waals surface area contributed by atoms with Crippen LogP contribution in [0.5, 0.6) is 0 Å². The third kappa shape index (κ3) is 3.85. The van der Waals surface area contributed by atoms with Gasteiger partial charge in [-0.3, -0.25) is 0 Å². The van der Waals surface area contributed by atoms with E-state index in [9.17, 15) is 4.79 Å². The van der Waals surface area contributed by atoms with Crippen molar-refractivity contribution in [3.8, 4) is 0 Å². The number of para-hydroxylation sites is 1. The largest absolute Gasteiger partial charge is 0.478 e. The highest BCUT2D eigenvalue weighted by Gasteiger charge is 2.10. The number of anilines is 2. The van der Waals surface area contributed by atoms with Gasteiger partial charge in [0.2, 0.25) is 0 Å². The van der Waals surface area contributed by atoms with Crippen molar-refractivity contribution in [2.45, 2.75) is 18.6 Å². The zero-order valence-electron chi connectivity index (χ0n) is 10.1. The van der Waals surface area contributed by atoms with Crippen molar-refractivity contribution in [1.82, 2.24) is 0 Å². The number of benzene rings is 1. The van der Waals surface area contributed by atoms with Gasteiger partial charge in [-0.2, -0.15) is 11.8 Å². The molecule has 5 heteroatoms. The molecular formula is C12H18N2O2S. The van der Waals surface area contributed by atoms with E-state index in [0.29, 0.717) is 16.6 Å². The van der Waals surface area contributed by atoms with Crippen molar-refractivity contribution in [3.05, 3.63) is 23.8 Å². The number of hydrogen-bond donors (Lipinski definition) is 3. The maximum absolute atomic E-state index is 10.9. The SMILES string of the molecule is CSC(C)CCNc1cccc(C(=O)O)c1N. The Morgan fingerprint density at radius 1 is 1.59 bits per heavy atom. The average Bonchev–Trinajstić information content (AvgIpc) is 2.30. The van der Waals surface area contributed by atoms with Gasteiger partial charge in [0.1, 0.15) is 0 Å². The van der Waals surface area contributed by atoms with E-state index in [-0.39, 0.29) is 5.56 Å². The van der Waals surface area contributed by atoms with E-state index in [4.69, 9.17) is 10.8 Å². The summed E-state index contributed by atoms with van der Waals surface area (Å²) in [4.78, 5) is 10.9. The minimum Gasteiger partial charge on any atom is -0.478 e. The topological polar surface area (TPSA) is 75.3 Å². The van der Waals surface area contributed by atoms with E-state index in [1.807, 2.05) is 0 Å². The number of nitrogen functional groups attached to an aromatic ring is 1. The first kappa shape index (κ1) is 13.7. The molecule has 1 atom stereocenters. The van der Waals surface area contributed by atoms with Gasteiger partial charge in [-0.1, -0.05) is 13.0 Å². The number of carboxylic acids is 1. The number of thioether (sulfide) groups is 1. The van der Waals surface area contributed by atoms with Crippen molar-refractivity contribution >= 4 is 29.1 Å². The summed E-state index contributed by atoms with van der Waals surface area (Å²) in [5, 5.41) is 12.7. The summed E-state index contributed by atoms with van der Waals surface area (Å²) in [6.45, 7) is 2.94. The molecule has 0 heterocycles. The molecule has 0 fully saturated rings. The zero-order chi connectivity index (χ0) is 12.8. The van der Waals surface area contributed by atoms with Crippen molar-refractivity contribution < 1.29 is 9.90 Å². The second-order valence-electron chi connectivity index (χ2n) is 3.83. The molecular weight excluding hydrogens is 236 g/mol. The molecule has 94 valence electrons. The summed E-state index contributed by atoms with van der Waals surface area (Å²) in [6, 6.07) is 5.00. The van der Waals surface area contributed by atoms with E-state index in [2.05, 4.69) is 18.5 Å². The van der Waals surface area contributed by atoms with Gasteiger partial charge in [-0.25, -0.2) is 4.79 Å². The molecule has 1 rings (SSSR count). The standard InChI is InChI=1S/C12H18N2O2S/c1-8(17-2)6-7-14-10-5-3-4-9(11(10)13)12(15)16/h3-5,8,14H,6-7,13H2,1-2H3,(H,15,16). The number of carbonyl (C=O) groups is 1. The van der Waals surface area contributed by atoms with Crippen molar-refractivity contribution in [3.63, 3.8) is 0 Å². The molecule has 0 radical (unpaired) electrons. The van der Waals surface area contributed by atoms with Gasteiger partial charge in [0, 0.05) is 11.8 Å². The van der Waals surface area contributed by atoms with Crippen LogP contribution in [0.1, 0.15) is 23.7 Å². The van der Waals surface area contributed by atoms with Crippen molar-refractivity contribution in [2.24, 2.45) is 0 Å². The lowest BCUT2D eigenvalue weighted by molar-refractivity contribution is 0.0698. The fourth-order valence-electron chi connectivity index (χ4n) is 1.43. The lowest BCUT2D eigenvalue weighted by Gasteiger charge is -2.13. The molecule has 4 nitrogen and oxygen atoms in total. The predicted molar refractivity (Wildman–Crippen MR) is 73.9 cm³/mol. The first-order chi connectivity index (χ1) is 8.06. The zero-order valence-corrected chi connectivity index (χ0v) is 10.9. The van der Waals surface area contributed by atoms with E-state index in [1.54, 1.807) is 23.9 Å². The molecule has 0 aliphatic rings. The lowest BCUT2D eigenvalue weighted by Crippen LogP contribution is -2.11. The summed E-state index contributed by atoms with van der Waals surface area (Å²) in [5.41, 5.74) is 6.93. The molecule has 1 aromatic carbocycles. The number of carboxylic acid groups (broad SMARTS) is 1. The molecule has 0 aliphatic heterocycles. The highest BCUT2D eigenvalue weighted by molar-refractivity contribution is 7.99. The molecule has 0 aliphatic carbocycles. The minimum atomic E-state index is -0.997. The van der Waals surface area contributed by atoms with Gasteiger partial charge >= 0.3 is 5.97 Å². The Kier molecular flexibility index (Phi) is 5.15. The summed E-state index contributed by atoms with van der Waals surface area (Å²) in [6.07, 6.45) is 3.09. The van der Waals surface area contributed by atoms with Gasteiger partial charge in [0.25, 0.3) is 0 Å². The Bertz CT molecular complexity index is 396. The first-order valence-corrected chi connectivity index (χ1v) is 6.73. The number of hydrogen-bond acceptors (Lipinski definition) is 4. The fourth-order valence-corrected chi connectivity index (χ4v) is 1.79. The molecule has 0 bridgehead atoms. The van der Waals surface area contributed by atoms with Gasteiger partial charge in [0.05, 0.1) is 16.9 Å². The van der Waals surface area contributed by atoms with Gasteiger partial charge in [0.15, 0.2) is 0 Å². The Labute approximate surface area is 106 Å². The van der Waals surface area contributed by atoms with E-state index in [0.717, 1.165) is 13.0 Å². The number of rotatable bonds is 6. The van der Waals surface area contributed by atoms with Crippen LogP contribution in [0.4, 0.5) is 11.4 Å². The van der Waals surface area contributed by atoms with E-state index in [1.165, 1.54) is 6.07 Å². The lowest BCUT2D eigenvalue weighted by atomic mass is 10.1. The maximum Gasteiger partial charge on any atom is 0.337 e. The normalized spacial score (nSPS) is 12.1. The van der Waals surface area contributed by atoms with Crippen LogP contribution in [-0.2, 0) is 0 Å². The second-order valence-corrected chi connectivity index (χ2v) is 5.11. The summed E-state index contributed by atoms with van der Waals surface area (Å²) >= 11 is 1.81. The second kappa shape index (κ2) is 6.39. The highest BCUT2D eigenvalue weighted by atomic mass is 32.2. The van der Waals surface area contributed by atoms with E-state index < -0.39 is 5.97 Å². The first-order valence-electron chi connectivity index (χ1n) is 5.44. The molecule has 1 unspecified atom stereocenters. The van der Waals surface area contributed by atoms with Gasteiger partial charge in [-0.05, 0) is 24.8 Å². The molecule has 0 spiro atoms. The molecule has 0 amide bonds. The van der Waals surface area contributed by atoms with Crippen LogP contribution in [0.2, 0.25) is 0 Å². The molecule has 0 saturated carbocycles. The third-order valence-electron chi connectivity index (χ3n) is 2.61. The monoisotopic (exact) mass is 254 g/mol. The molecule has 4 N–H and O–H groups in total. The smallest absolute Gasteiger partial charge is 0.337 e. The molecule has 1 aromatic rings. The van der Waals surface area contributed by atoms with Crippen LogP contribution in [0.25, 0.3) is 0 Å². The minimum absolute atomic E-state index is 0.146. The number of nitrogens with one attached hydrogen (secondary N) is 1. The Hall–Kier alpha value is -1.36. The Balaban J connectivity index is 2.66. The van der Waals surface area contributed by atoms with Gasteiger partial charge in [-0.15, -0.1) is 0 Å². The fraction of sp³-hybridized carbons (Fsp3) is 0.417.